The molecule has 1 saturated carbocycles. The summed E-state index contributed by atoms with van der Waals surface area (Å²) >= 11 is 0. The molecular weight excluding hydrogens is 354 g/mol. The van der Waals surface area contributed by atoms with Crippen molar-refractivity contribution >= 4 is 23.4 Å². The second-order valence-electron chi connectivity index (χ2n) is 7.88. The van der Waals surface area contributed by atoms with Crippen LogP contribution in [0.15, 0.2) is 24.3 Å². The average molecular weight is 386 g/mol. The van der Waals surface area contributed by atoms with Gasteiger partial charge in [0.15, 0.2) is 0 Å². The Morgan fingerprint density at radius 1 is 1.14 bits per heavy atom. The molecule has 0 radical (unpaired) electrons. The number of benzene rings is 1. The third kappa shape index (κ3) is 4.91. The lowest BCUT2D eigenvalue weighted by atomic mass is 9.94. The normalized spacial score (nSPS) is 20.2. The van der Waals surface area contributed by atoms with Crippen molar-refractivity contribution in [2.45, 2.75) is 64.3 Å². The van der Waals surface area contributed by atoms with Gasteiger partial charge in [0.2, 0.25) is 11.8 Å². The minimum absolute atomic E-state index is 0.0812. The quantitative estimate of drug-likeness (QED) is 0.707. The highest BCUT2D eigenvalue weighted by atomic mass is 16.2. The lowest BCUT2D eigenvalue weighted by Crippen LogP contribution is -2.38. The lowest BCUT2D eigenvalue weighted by Gasteiger charge is -2.31. The smallest absolute Gasteiger partial charge is 0.253 e. The van der Waals surface area contributed by atoms with Crippen molar-refractivity contribution in [3.8, 4) is 0 Å². The standard InChI is InChI=1S/C22H31N3O3/c1-2-3-13-23-22(28)18-11-7-8-12-19(18)24-21(27)16-14-20(26)25(15-16)17-9-5-4-6-10-17/h7-8,11-12,16-17H,2-6,9-10,13-15H2,1H3,(H,23,28)(H,24,27)/t16-/m0/s1. The van der Waals surface area contributed by atoms with Gasteiger partial charge >= 0.3 is 0 Å². The fourth-order valence-corrected chi connectivity index (χ4v) is 4.15. The summed E-state index contributed by atoms with van der Waals surface area (Å²) in [6.45, 7) is 3.17. The zero-order valence-electron chi connectivity index (χ0n) is 16.7. The van der Waals surface area contributed by atoms with Gasteiger partial charge in [-0.25, -0.2) is 0 Å². The molecule has 1 aromatic carbocycles. The van der Waals surface area contributed by atoms with Crippen LogP contribution in [0.5, 0.6) is 0 Å². The summed E-state index contributed by atoms with van der Waals surface area (Å²) in [7, 11) is 0. The van der Waals surface area contributed by atoms with Crippen LogP contribution in [-0.2, 0) is 9.59 Å². The molecular formula is C22H31N3O3. The summed E-state index contributed by atoms with van der Waals surface area (Å²) in [5, 5.41) is 5.78. The van der Waals surface area contributed by atoms with E-state index in [1.165, 1.54) is 6.42 Å². The number of hydrogen-bond donors (Lipinski definition) is 2. The van der Waals surface area contributed by atoms with Crippen LogP contribution in [0.25, 0.3) is 0 Å². The van der Waals surface area contributed by atoms with Crippen LogP contribution in [-0.4, -0.2) is 41.8 Å². The molecule has 3 rings (SSSR count). The SMILES string of the molecule is CCCCNC(=O)c1ccccc1NC(=O)[C@H]1CC(=O)N(C2CCCCC2)C1. The van der Waals surface area contributed by atoms with Crippen molar-refractivity contribution in [2.75, 3.05) is 18.4 Å². The van der Waals surface area contributed by atoms with Crippen LogP contribution in [0.4, 0.5) is 5.69 Å². The molecule has 3 amide bonds. The Morgan fingerprint density at radius 2 is 1.89 bits per heavy atom. The van der Waals surface area contributed by atoms with Gasteiger partial charge in [-0.15, -0.1) is 0 Å². The molecule has 0 unspecified atom stereocenters. The first-order valence-electron chi connectivity index (χ1n) is 10.6. The third-order valence-electron chi connectivity index (χ3n) is 5.79. The summed E-state index contributed by atoms with van der Waals surface area (Å²) in [5.74, 6) is -0.639. The third-order valence-corrected chi connectivity index (χ3v) is 5.79. The van der Waals surface area contributed by atoms with Crippen LogP contribution in [0.3, 0.4) is 0 Å². The summed E-state index contributed by atoms with van der Waals surface area (Å²) in [6.07, 6.45) is 7.82. The van der Waals surface area contributed by atoms with Crippen LogP contribution in [0.1, 0.15) is 68.6 Å². The van der Waals surface area contributed by atoms with E-state index in [1.54, 1.807) is 24.3 Å². The van der Waals surface area contributed by atoms with Gasteiger partial charge in [-0.05, 0) is 31.4 Å². The van der Waals surface area contributed by atoms with Crippen LogP contribution >= 0.6 is 0 Å². The van der Waals surface area contributed by atoms with Crippen molar-refractivity contribution in [2.24, 2.45) is 5.92 Å². The number of carbonyl (C=O) groups excluding carboxylic acids is 3. The fraction of sp³-hybridized carbons (Fsp3) is 0.591. The van der Waals surface area contributed by atoms with Gasteiger partial charge < -0.3 is 15.5 Å². The van der Waals surface area contributed by atoms with Crippen LogP contribution in [0, 0.1) is 5.92 Å². The average Bonchev–Trinajstić information content (AvgIpc) is 3.11. The predicted molar refractivity (Wildman–Crippen MR) is 109 cm³/mol. The zero-order chi connectivity index (χ0) is 19.9. The van der Waals surface area contributed by atoms with Crippen molar-refractivity contribution < 1.29 is 14.4 Å². The number of para-hydroxylation sites is 1. The number of nitrogens with one attached hydrogen (secondary N) is 2. The largest absolute Gasteiger partial charge is 0.352 e. The molecule has 6 nitrogen and oxygen atoms in total. The molecule has 1 aliphatic carbocycles. The van der Waals surface area contributed by atoms with Crippen LogP contribution in [0.2, 0.25) is 0 Å². The first-order valence-corrected chi connectivity index (χ1v) is 10.6. The molecule has 0 bridgehead atoms. The highest BCUT2D eigenvalue weighted by molar-refractivity contribution is 6.05. The monoisotopic (exact) mass is 385 g/mol. The first kappa shape index (κ1) is 20.4. The van der Waals surface area contributed by atoms with Gasteiger partial charge in [0, 0.05) is 25.6 Å². The number of carbonyl (C=O) groups is 3. The highest BCUT2D eigenvalue weighted by Crippen LogP contribution is 2.29. The van der Waals surface area contributed by atoms with Crippen molar-refractivity contribution in [1.29, 1.82) is 0 Å². The topological polar surface area (TPSA) is 78.5 Å². The maximum atomic E-state index is 12.8. The minimum atomic E-state index is -0.356. The number of hydrogen-bond acceptors (Lipinski definition) is 3. The molecule has 1 aromatic rings. The molecule has 1 heterocycles. The second-order valence-corrected chi connectivity index (χ2v) is 7.88. The van der Waals surface area contributed by atoms with Crippen molar-refractivity contribution in [3.05, 3.63) is 29.8 Å². The Balaban J connectivity index is 1.62. The number of anilines is 1. The van der Waals surface area contributed by atoms with Gasteiger partial charge in [-0.2, -0.15) is 0 Å². The molecule has 0 aromatic heterocycles. The summed E-state index contributed by atoms with van der Waals surface area (Å²) < 4.78 is 0. The Kier molecular flexibility index (Phi) is 7.06. The lowest BCUT2D eigenvalue weighted by molar-refractivity contribution is -0.130. The van der Waals surface area contributed by atoms with E-state index in [2.05, 4.69) is 17.6 Å². The van der Waals surface area contributed by atoms with E-state index in [0.717, 1.165) is 38.5 Å². The van der Waals surface area contributed by atoms with E-state index < -0.39 is 0 Å². The Labute approximate surface area is 167 Å². The van der Waals surface area contributed by atoms with Crippen molar-refractivity contribution in [3.63, 3.8) is 0 Å². The number of unbranched alkanes of at least 4 members (excludes halogenated alkanes) is 1. The van der Waals surface area contributed by atoms with E-state index in [4.69, 9.17) is 0 Å². The molecule has 6 heteroatoms. The van der Waals surface area contributed by atoms with Gasteiger partial charge in [0.25, 0.3) is 5.91 Å². The Hall–Kier alpha value is -2.37. The van der Waals surface area contributed by atoms with Gasteiger partial charge in [0.1, 0.15) is 0 Å². The van der Waals surface area contributed by atoms with Crippen LogP contribution < -0.4 is 10.6 Å². The summed E-state index contributed by atoms with van der Waals surface area (Å²) in [6, 6.07) is 7.32. The van der Waals surface area contributed by atoms with Crippen molar-refractivity contribution in [1.82, 2.24) is 10.2 Å². The Morgan fingerprint density at radius 3 is 2.64 bits per heavy atom. The van der Waals surface area contributed by atoms with E-state index in [-0.39, 0.29) is 36.1 Å². The minimum Gasteiger partial charge on any atom is -0.352 e. The summed E-state index contributed by atoms with van der Waals surface area (Å²) in [4.78, 5) is 39.6. The maximum Gasteiger partial charge on any atom is 0.253 e. The fourth-order valence-electron chi connectivity index (χ4n) is 4.15. The predicted octanol–water partition coefficient (Wildman–Crippen LogP) is 3.34. The molecule has 2 fully saturated rings. The number of nitrogens with zero attached hydrogens (tertiary/aromatic N) is 1. The van der Waals surface area contributed by atoms with E-state index in [0.29, 0.717) is 24.3 Å². The number of amides is 3. The molecule has 28 heavy (non-hydrogen) atoms. The van der Waals surface area contributed by atoms with Gasteiger partial charge in [0.05, 0.1) is 17.2 Å². The Bertz CT molecular complexity index is 713. The zero-order valence-corrected chi connectivity index (χ0v) is 16.7. The molecule has 2 aliphatic rings. The molecule has 2 N–H and O–H groups in total. The number of rotatable bonds is 7. The molecule has 0 spiro atoms. The van der Waals surface area contributed by atoms with Gasteiger partial charge in [-0.3, -0.25) is 14.4 Å². The molecule has 1 saturated heterocycles. The van der Waals surface area contributed by atoms with E-state index in [1.807, 2.05) is 4.90 Å². The highest BCUT2D eigenvalue weighted by Gasteiger charge is 2.38. The molecule has 152 valence electrons. The number of likely N-dealkylation sites (tertiary alicyclic amines) is 1. The molecule has 1 atom stereocenters. The maximum absolute atomic E-state index is 12.8. The van der Waals surface area contributed by atoms with Gasteiger partial charge in [-0.1, -0.05) is 44.7 Å². The van der Waals surface area contributed by atoms with E-state index >= 15 is 0 Å². The second kappa shape index (κ2) is 9.71. The molecule has 1 aliphatic heterocycles. The summed E-state index contributed by atoms with van der Waals surface area (Å²) in [5.41, 5.74) is 0.963. The van der Waals surface area contributed by atoms with E-state index in [9.17, 15) is 14.4 Å². The first-order chi connectivity index (χ1) is 13.6.